The van der Waals surface area contributed by atoms with Gasteiger partial charge in [-0.2, -0.15) is 0 Å². The van der Waals surface area contributed by atoms with Crippen LogP contribution in [0.5, 0.6) is 0 Å². The molecule has 0 bridgehead atoms. The predicted molar refractivity (Wildman–Crippen MR) is 71.8 cm³/mol. The van der Waals surface area contributed by atoms with Crippen LogP contribution in [0.1, 0.15) is 12.0 Å². The van der Waals surface area contributed by atoms with Crippen molar-refractivity contribution in [1.29, 1.82) is 0 Å². The van der Waals surface area contributed by atoms with Gasteiger partial charge in [0.05, 0.1) is 12.7 Å². The van der Waals surface area contributed by atoms with Gasteiger partial charge in [-0.05, 0) is 18.4 Å². The summed E-state index contributed by atoms with van der Waals surface area (Å²) in [5, 5.41) is 0. The average molecular weight is 268 g/mol. The van der Waals surface area contributed by atoms with Crippen molar-refractivity contribution in [3.8, 4) is 0 Å². The molecule has 1 fully saturated rings. The van der Waals surface area contributed by atoms with E-state index in [4.69, 9.17) is 16.3 Å². The number of carbonyl (C=O) groups is 1. The number of hydrogen-bond acceptors (Lipinski definition) is 2. The second-order valence-electron chi connectivity index (χ2n) is 4.49. The van der Waals surface area contributed by atoms with Gasteiger partial charge in [0, 0.05) is 13.1 Å². The normalized spacial score (nSPS) is 19.8. The Morgan fingerprint density at radius 2 is 2.17 bits per heavy atom. The van der Waals surface area contributed by atoms with Crippen molar-refractivity contribution in [3.63, 3.8) is 0 Å². The quantitative estimate of drug-likeness (QED) is 0.782. The molecule has 0 spiro atoms. The van der Waals surface area contributed by atoms with Crippen LogP contribution in [0.2, 0.25) is 0 Å². The first-order valence-electron chi connectivity index (χ1n) is 6.29. The monoisotopic (exact) mass is 267 g/mol. The van der Waals surface area contributed by atoms with Crippen molar-refractivity contribution in [2.24, 2.45) is 0 Å². The Kier molecular flexibility index (Phi) is 5.02. The van der Waals surface area contributed by atoms with Crippen molar-refractivity contribution < 1.29 is 9.53 Å². The van der Waals surface area contributed by atoms with Gasteiger partial charge in [-0.25, -0.2) is 0 Å². The zero-order chi connectivity index (χ0) is 12.8. The maximum Gasteiger partial charge on any atom is 0.237 e. The summed E-state index contributed by atoms with van der Waals surface area (Å²) in [4.78, 5) is 13.3. The Morgan fingerprint density at radius 1 is 1.39 bits per heavy atom. The van der Waals surface area contributed by atoms with Crippen LogP contribution in [0.3, 0.4) is 0 Å². The number of alkyl halides is 1. The molecule has 0 aromatic heterocycles. The molecule has 1 aliphatic rings. The largest absolute Gasteiger partial charge is 0.375 e. The lowest BCUT2D eigenvalue weighted by Crippen LogP contribution is -2.46. The van der Waals surface area contributed by atoms with E-state index in [2.05, 4.69) is 12.1 Å². The summed E-state index contributed by atoms with van der Waals surface area (Å²) in [6.45, 7) is 1.94. The summed E-state index contributed by atoms with van der Waals surface area (Å²) in [5.74, 6) is 0.0652. The number of halogens is 1. The molecule has 1 aliphatic heterocycles. The highest BCUT2D eigenvalue weighted by molar-refractivity contribution is 6.27. The van der Waals surface area contributed by atoms with Crippen molar-refractivity contribution >= 4 is 17.5 Å². The first-order valence-corrected chi connectivity index (χ1v) is 6.82. The smallest absolute Gasteiger partial charge is 0.237 e. The highest BCUT2D eigenvalue weighted by Gasteiger charge is 2.23. The third-order valence-electron chi connectivity index (χ3n) is 3.20. The molecule has 0 saturated carbocycles. The number of benzene rings is 1. The van der Waals surface area contributed by atoms with Crippen LogP contribution < -0.4 is 0 Å². The first-order chi connectivity index (χ1) is 8.79. The van der Waals surface area contributed by atoms with Crippen molar-refractivity contribution in [3.05, 3.63) is 35.9 Å². The van der Waals surface area contributed by atoms with Gasteiger partial charge in [-0.3, -0.25) is 4.79 Å². The minimum Gasteiger partial charge on any atom is -0.375 e. The fourth-order valence-corrected chi connectivity index (χ4v) is 2.35. The van der Waals surface area contributed by atoms with Crippen LogP contribution in [-0.4, -0.2) is 42.5 Å². The Hall–Kier alpha value is -1.06. The summed E-state index contributed by atoms with van der Waals surface area (Å²) >= 11 is 5.57. The van der Waals surface area contributed by atoms with Gasteiger partial charge in [0.1, 0.15) is 5.88 Å². The van der Waals surface area contributed by atoms with Gasteiger partial charge >= 0.3 is 0 Å². The van der Waals surface area contributed by atoms with E-state index in [1.54, 1.807) is 4.90 Å². The lowest BCUT2D eigenvalue weighted by molar-refractivity contribution is -0.136. The first kappa shape index (κ1) is 13.4. The topological polar surface area (TPSA) is 29.5 Å². The molecule has 98 valence electrons. The molecule has 1 saturated heterocycles. The molecule has 1 unspecified atom stereocenters. The Balaban J connectivity index is 1.81. The third kappa shape index (κ3) is 3.72. The van der Waals surface area contributed by atoms with E-state index in [9.17, 15) is 4.79 Å². The average Bonchev–Trinajstić information content (AvgIpc) is 2.45. The van der Waals surface area contributed by atoms with E-state index in [1.807, 2.05) is 18.2 Å². The summed E-state index contributed by atoms with van der Waals surface area (Å²) in [6.07, 6.45) is 2.05. The SMILES string of the molecule is O=C(CCl)N1CCOC(CCc2ccccc2)C1. The molecular formula is C14H18ClNO2. The molecule has 1 aromatic rings. The molecule has 1 heterocycles. The van der Waals surface area contributed by atoms with Crippen LogP contribution in [0.25, 0.3) is 0 Å². The van der Waals surface area contributed by atoms with Crippen LogP contribution >= 0.6 is 11.6 Å². The molecule has 4 heteroatoms. The molecule has 1 aromatic carbocycles. The van der Waals surface area contributed by atoms with Gasteiger partial charge < -0.3 is 9.64 Å². The summed E-state index contributed by atoms with van der Waals surface area (Å²) < 4.78 is 5.69. The van der Waals surface area contributed by atoms with Gasteiger partial charge in [0.25, 0.3) is 0 Å². The Morgan fingerprint density at radius 3 is 2.89 bits per heavy atom. The predicted octanol–water partition coefficient (Wildman–Crippen LogP) is 2.09. The van der Waals surface area contributed by atoms with E-state index < -0.39 is 0 Å². The van der Waals surface area contributed by atoms with Gasteiger partial charge in [-0.1, -0.05) is 30.3 Å². The van der Waals surface area contributed by atoms with E-state index in [1.165, 1.54) is 5.56 Å². The van der Waals surface area contributed by atoms with Crippen LogP contribution in [0.15, 0.2) is 30.3 Å². The zero-order valence-corrected chi connectivity index (χ0v) is 11.1. The van der Waals surface area contributed by atoms with E-state index in [0.717, 1.165) is 12.8 Å². The van der Waals surface area contributed by atoms with Crippen molar-refractivity contribution in [2.45, 2.75) is 18.9 Å². The van der Waals surface area contributed by atoms with E-state index in [-0.39, 0.29) is 17.9 Å². The lowest BCUT2D eigenvalue weighted by atomic mass is 10.1. The molecule has 1 amide bonds. The second-order valence-corrected chi connectivity index (χ2v) is 4.76. The highest BCUT2D eigenvalue weighted by atomic mass is 35.5. The Bertz CT molecular complexity index is 383. The summed E-state index contributed by atoms with van der Waals surface area (Å²) in [5.41, 5.74) is 1.31. The fourth-order valence-electron chi connectivity index (χ4n) is 2.18. The number of ether oxygens (including phenoxy) is 1. The number of nitrogens with zero attached hydrogens (tertiary/aromatic N) is 1. The molecule has 0 aliphatic carbocycles. The fraction of sp³-hybridized carbons (Fsp3) is 0.500. The maximum atomic E-state index is 11.5. The molecule has 3 nitrogen and oxygen atoms in total. The number of rotatable bonds is 4. The molecular weight excluding hydrogens is 250 g/mol. The molecule has 18 heavy (non-hydrogen) atoms. The van der Waals surface area contributed by atoms with Gasteiger partial charge in [-0.15, -0.1) is 11.6 Å². The standard InChI is InChI=1S/C14H18ClNO2/c15-10-14(17)16-8-9-18-13(11-16)7-6-12-4-2-1-3-5-12/h1-5,13H,6-11H2. The minimum atomic E-state index is 0.00433. The minimum absolute atomic E-state index is 0.00433. The van der Waals surface area contributed by atoms with Gasteiger partial charge in [0.15, 0.2) is 0 Å². The van der Waals surface area contributed by atoms with Crippen LogP contribution in [0.4, 0.5) is 0 Å². The maximum absolute atomic E-state index is 11.5. The molecule has 1 atom stereocenters. The van der Waals surface area contributed by atoms with E-state index >= 15 is 0 Å². The van der Waals surface area contributed by atoms with Gasteiger partial charge in [0.2, 0.25) is 5.91 Å². The molecule has 0 N–H and O–H groups in total. The highest BCUT2D eigenvalue weighted by Crippen LogP contribution is 2.13. The third-order valence-corrected chi connectivity index (χ3v) is 3.43. The second kappa shape index (κ2) is 6.76. The number of amides is 1. The number of morpholine rings is 1. The van der Waals surface area contributed by atoms with Crippen molar-refractivity contribution in [1.82, 2.24) is 4.90 Å². The number of hydrogen-bond donors (Lipinski definition) is 0. The van der Waals surface area contributed by atoms with E-state index in [0.29, 0.717) is 19.7 Å². The summed E-state index contributed by atoms with van der Waals surface area (Å²) in [7, 11) is 0. The van der Waals surface area contributed by atoms with Crippen LogP contribution in [0, 0.1) is 0 Å². The lowest BCUT2D eigenvalue weighted by Gasteiger charge is -2.32. The summed E-state index contributed by atoms with van der Waals surface area (Å²) in [6, 6.07) is 10.3. The molecule has 0 radical (unpaired) electrons. The molecule has 2 rings (SSSR count). The number of carbonyl (C=O) groups excluding carboxylic acids is 1. The Labute approximate surface area is 113 Å². The van der Waals surface area contributed by atoms with Crippen LogP contribution in [-0.2, 0) is 16.0 Å². The number of aryl methyl sites for hydroxylation is 1. The van der Waals surface area contributed by atoms with Crippen molar-refractivity contribution in [2.75, 3.05) is 25.6 Å². The zero-order valence-electron chi connectivity index (χ0n) is 10.3.